The fourth-order valence-corrected chi connectivity index (χ4v) is 3.48. The van der Waals surface area contributed by atoms with Crippen molar-refractivity contribution in [2.75, 3.05) is 13.4 Å². The van der Waals surface area contributed by atoms with Crippen molar-refractivity contribution in [3.8, 4) is 5.75 Å². The molecular weight excluding hydrogens is 350 g/mol. The number of sulfone groups is 1. The zero-order valence-electron chi connectivity index (χ0n) is 15.6. The largest absolute Gasteiger partial charge is 0.496 e. The van der Waals surface area contributed by atoms with Crippen LogP contribution in [0.1, 0.15) is 36.1 Å². The summed E-state index contributed by atoms with van der Waals surface area (Å²) in [5.41, 5.74) is 2.79. The third kappa shape index (κ3) is 5.08. The van der Waals surface area contributed by atoms with Gasteiger partial charge >= 0.3 is 0 Å². The summed E-state index contributed by atoms with van der Waals surface area (Å²) >= 11 is 0. The Morgan fingerprint density at radius 1 is 1.15 bits per heavy atom. The van der Waals surface area contributed by atoms with E-state index in [1.54, 1.807) is 31.4 Å². The molecule has 1 atom stereocenters. The lowest BCUT2D eigenvalue weighted by Crippen LogP contribution is -2.29. The van der Waals surface area contributed by atoms with Crippen LogP contribution in [0.15, 0.2) is 47.4 Å². The van der Waals surface area contributed by atoms with Crippen LogP contribution in [0.2, 0.25) is 0 Å². The molecule has 2 aromatic carbocycles. The SMILES string of the molecule is CC[C@@H](NC(=O)Cc1ccc(OC)c(C)c1)c1ccc(S(C)(=O)=O)cc1. The van der Waals surface area contributed by atoms with Crippen molar-refractivity contribution in [2.45, 2.75) is 37.6 Å². The van der Waals surface area contributed by atoms with Crippen molar-refractivity contribution in [1.29, 1.82) is 0 Å². The minimum atomic E-state index is -3.22. The molecule has 26 heavy (non-hydrogen) atoms. The molecule has 0 aliphatic carbocycles. The fourth-order valence-electron chi connectivity index (χ4n) is 2.85. The standard InChI is InChI=1S/C20H25NO4S/c1-5-18(16-7-9-17(10-8-16)26(4,23)24)21-20(22)13-15-6-11-19(25-3)14(2)12-15/h6-12,18H,5,13H2,1-4H3,(H,21,22)/t18-/m1/s1. The van der Waals surface area contributed by atoms with Gasteiger partial charge in [-0.25, -0.2) is 8.42 Å². The average molecular weight is 375 g/mol. The van der Waals surface area contributed by atoms with Crippen LogP contribution in [-0.4, -0.2) is 27.7 Å². The number of carbonyl (C=O) groups is 1. The highest BCUT2D eigenvalue weighted by Gasteiger charge is 2.15. The lowest BCUT2D eigenvalue weighted by molar-refractivity contribution is -0.121. The number of aryl methyl sites for hydroxylation is 1. The van der Waals surface area contributed by atoms with Gasteiger partial charge in [-0.05, 0) is 48.2 Å². The first kappa shape index (κ1) is 20.0. The number of benzene rings is 2. The van der Waals surface area contributed by atoms with Crippen molar-refractivity contribution in [3.63, 3.8) is 0 Å². The van der Waals surface area contributed by atoms with E-state index in [1.807, 2.05) is 32.0 Å². The zero-order valence-corrected chi connectivity index (χ0v) is 16.4. The Morgan fingerprint density at radius 3 is 2.31 bits per heavy atom. The Morgan fingerprint density at radius 2 is 1.81 bits per heavy atom. The monoisotopic (exact) mass is 375 g/mol. The Hall–Kier alpha value is -2.34. The number of nitrogens with one attached hydrogen (secondary N) is 1. The second-order valence-electron chi connectivity index (χ2n) is 6.35. The molecule has 0 saturated carbocycles. The lowest BCUT2D eigenvalue weighted by atomic mass is 10.0. The molecule has 0 spiro atoms. The Kier molecular flexibility index (Phi) is 6.42. The molecule has 0 heterocycles. The Balaban J connectivity index is 2.07. The number of hydrogen-bond acceptors (Lipinski definition) is 4. The van der Waals surface area contributed by atoms with Crippen LogP contribution in [-0.2, 0) is 21.1 Å². The molecule has 2 rings (SSSR count). The molecule has 6 heteroatoms. The molecule has 0 aliphatic heterocycles. The molecule has 0 fully saturated rings. The Labute approximate surface area is 155 Å². The molecule has 0 bridgehead atoms. The van der Waals surface area contributed by atoms with E-state index >= 15 is 0 Å². The highest BCUT2D eigenvalue weighted by Crippen LogP contribution is 2.21. The van der Waals surface area contributed by atoms with E-state index in [0.29, 0.717) is 6.42 Å². The summed E-state index contributed by atoms with van der Waals surface area (Å²) in [6.07, 6.45) is 2.17. The summed E-state index contributed by atoms with van der Waals surface area (Å²) in [5.74, 6) is 0.722. The first-order valence-electron chi connectivity index (χ1n) is 8.47. The smallest absolute Gasteiger partial charge is 0.224 e. The minimum absolute atomic E-state index is 0.0754. The van der Waals surface area contributed by atoms with Gasteiger partial charge in [-0.15, -0.1) is 0 Å². The first-order valence-corrected chi connectivity index (χ1v) is 10.4. The topological polar surface area (TPSA) is 72.5 Å². The fraction of sp³-hybridized carbons (Fsp3) is 0.350. The number of methoxy groups -OCH3 is 1. The molecule has 0 aromatic heterocycles. The average Bonchev–Trinajstić information content (AvgIpc) is 2.59. The lowest BCUT2D eigenvalue weighted by Gasteiger charge is -2.18. The maximum absolute atomic E-state index is 12.4. The zero-order chi connectivity index (χ0) is 19.3. The van der Waals surface area contributed by atoms with E-state index in [-0.39, 0.29) is 23.3 Å². The summed E-state index contributed by atoms with van der Waals surface area (Å²) in [7, 11) is -1.60. The number of amides is 1. The van der Waals surface area contributed by atoms with Gasteiger partial charge in [-0.3, -0.25) is 4.79 Å². The molecule has 0 unspecified atom stereocenters. The molecular formula is C20H25NO4S. The van der Waals surface area contributed by atoms with Crippen LogP contribution in [0.5, 0.6) is 5.75 Å². The third-order valence-electron chi connectivity index (χ3n) is 4.28. The first-order chi connectivity index (χ1) is 12.2. The van der Waals surface area contributed by atoms with Gasteiger partial charge in [-0.1, -0.05) is 31.2 Å². The van der Waals surface area contributed by atoms with E-state index < -0.39 is 9.84 Å². The van der Waals surface area contributed by atoms with Crippen molar-refractivity contribution in [3.05, 3.63) is 59.2 Å². The molecule has 0 aliphatic rings. The predicted octanol–water partition coefficient (Wildman–Crippen LogP) is 3.22. The van der Waals surface area contributed by atoms with Crippen LogP contribution in [0.3, 0.4) is 0 Å². The van der Waals surface area contributed by atoms with Gasteiger partial charge < -0.3 is 10.1 Å². The normalized spacial score (nSPS) is 12.5. The second-order valence-corrected chi connectivity index (χ2v) is 8.37. The van der Waals surface area contributed by atoms with Crippen molar-refractivity contribution in [2.24, 2.45) is 0 Å². The number of ether oxygens (including phenoxy) is 1. The molecule has 0 radical (unpaired) electrons. The highest BCUT2D eigenvalue weighted by atomic mass is 32.2. The van der Waals surface area contributed by atoms with Crippen LogP contribution < -0.4 is 10.1 Å². The molecule has 140 valence electrons. The van der Waals surface area contributed by atoms with Crippen molar-refractivity contribution in [1.82, 2.24) is 5.32 Å². The van der Waals surface area contributed by atoms with Crippen LogP contribution in [0.4, 0.5) is 0 Å². The Bertz CT molecular complexity index is 873. The third-order valence-corrected chi connectivity index (χ3v) is 5.41. The van der Waals surface area contributed by atoms with Gasteiger partial charge in [0.1, 0.15) is 5.75 Å². The number of hydrogen-bond donors (Lipinski definition) is 1. The van der Waals surface area contributed by atoms with Gasteiger partial charge in [0.25, 0.3) is 0 Å². The van der Waals surface area contributed by atoms with Crippen LogP contribution in [0.25, 0.3) is 0 Å². The van der Waals surface area contributed by atoms with Crippen molar-refractivity contribution < 1.29 is 17.9 Å². The maximum Gasteiger partial charge on any atom is 0.224 e. The minimum Gasteiger partial charge on any atom is -0.496 e. The summed E-state index contributed by atoms with van der Waals surface area (Å²) in [6.45, 7) is 3.92. The molecule has 5 nitrogen and oxygen atoms in total. The number of carbonyl (C=O) groups excluding carboxylic acids is 1. The van der Waals surface area contributed by atoms with E-state index in [0.717, 1.165) is 22.4 Å². The van der Waals surface area contributed by atoms with E-state index in [9.17, 15) is 13.2 Å². The molecule has 0 saturated heterocycles. The molecule has 2 aromatic rings. The molecule has 1 N–H and O–H groups in total. The maximum atomic E-state index is 12.4. The van der Waals surface area contributed by atoms with Crippen LogP contribution in [0, 0.1) is 6.92 Å². The van der Waals surface area contributed by atoms with Gasteiger partial charge in [0.2, 0.25) is 5.91 Å². The molecule has 1 amide bonds. The predicted molar refractivity (Wildman–Crippen MR) is 102 cm³/mol. The highest BCUT2D eigenvalue weighted by molar-refractivity contribution is 7.90. The van der Waals surface area contributed by atoms with Gasteiger partial charge in [0.05, 0.1) is 24.5 Å². The van der Waals surface area contributed by atoms with E-state index in [2.05, 4.69) is 5.32 Å². The van der Waals surface area contributed by atoms with E-state index in [4.69, 9.17) is 4.74 Å². The van der Waals surface area contributed by atoms with Gasteiger partial charge in [-0.2, -0.15) is 0 Å². The summed E-state index contributed by atoms with van der Waals surface area (Å²) in [4.78, 5) is 12.7. The summed E-state index contributed by atoms with van der Waals surface area (Å²) in [5, 5.41) is 3.02. The second kappa shape index (κ2) is 8.36. The summed E-state index contributed by atoms with van der Waals surface area (Å²) < 4.78 is 28.4. The quantitative estimate of drug-likeness (QED) is 0.806. The van der Waals surface area contributed by atoms with Gasteiger partial charge in [0.15, 0.2) is 9.84 Å². The van der Waals surface area contributed by atoms with Crippen molar-refractivity contribution >= 4 is 15.7 Å². The van der Waals surface area contributed by atoms with Gasteiger partial charge in [0, 0.05) is 6.26 Å². The summed E-state index contributed by atoms with van der Waals surface area (Å²) in [6, 6.07) is 12.2. The van der Waals surface area contributed by atoms with E-state index in [1.165, 1.54) is 6.26 Å². The van der Waals surface area contributed by atoms with Crippen LogP contribution >= 0.6 is 0 Å². The number of rotatable bonds is 7.